The van der Waals surface area contributed by atoms with Crippen LogP contribution >= 0.6 is 0 Å². The Labute approximate surface area is 99.5 Å². The van der Waals surface area contributed by atoms with Gasteiger partial charge in [0.1, 0.15) is 12.9 Å². The third-order valence-corrected chi connectivity index (χ3v) is 2.73. The zero-order chi connectivity index (χ0) is 12.3. The normalized spacial score (nSPS) is 23.6. The van der Waals surface area contributed by atoms with Crippen LogP contribution in [0.25, 0.3) is 0 Å². The summed E-state index contributed by atoms with van der Waals surface area (Å²) in [6.45, 7) is 0.173. The Morgan fingerprint density at radius 1 is 1.41 bits per heavy atom. The van der Waals surface area contributed by atoms with Crippen molar-refractivity contribution in [2.45, 2.75) is 18.6 Å². The summed E-state index contributed by atoms with van der Waals surface area (Å²) in [5.74, 6) is -0.388. The van der Waals surface area contributed by atoms with Crippen molar-refractivity contribution in [2.75, 3.05) is 13.8 Å². The summed E-state index contributed by atoms with van der Waals surface area (Å²) in [6.07, 6.45) is -0.494. The quantitative estimate of drug-likeness (QED) is 0.636. The minimum absolute atomic E-state index is 0.104. The van der Waals surface area contributed by atoms with E-state index in [0.29, 0.717) is 5.06 Å². The molecule has 17 heavy (non-hydrogen) atoms. The minimum Gasteiger partial charge on any atom is -0.349 e. The smallest absolute Gasteiger partial charge is 0.248 e. The highest BCUT2D eigenvalue weighted by molar-refractivity contribution is 5.75. The van der Waals surface area contributed by atoms with E-state index in [4.69, 9.17) is 14.7 Å². The Morgan fingerprint density at radius 3 is 2.76 bits per heavy atom. The molecule has 0 aliphatic carbocycles. The summed E-state index contributed by atoms with van der Waals surface area (Å²) in [6, 6.07) is 9.60. The lowest BCUT2D eigenvalue weighted by atomic mass is 10.0. The Hall–Kier alpha value is -1.43. The first-order chi connectivity index (χ1) is 8.18. The molecule has 0 bridgehead atoms. The molecule has 1 aliphatic rings. The second kappa shape index (κ2) is 5.27. The van der Waals surface area contributed by atoms with Crippen LogP contribution in [0.5, 0.6) is 0 Å². The van der Waals surface area contributed by atoms with E-state index >= 15 is 0 Å². The molecule has 92 valence electrons. The number of amides is 1. The average molecular weight is 237 g/mol. The first kappa shape index (κ1) is 12.0. The lowest BCUT2D eigenvalue weighted by Crippen LogP contribution is -2.29. The van der Waals surface area contributed by atoms with Crippen LogP contribution in [0.4, 0.5) is 0 Å². The van der Waals surface area contributed by atoms with Crippen LogP contribution in [0.15, 0.2) is 30.3 Å². The van der Waals surface area contributed by atoms with Gasteiger partial charge in [-0.05, 0) is 5.56 Å². The number of nitrogens with zero attached hydrogens (tertiary/aromatic N) is 1. The fraction of sp³-hybridized carbons (Fsp3) is 0.417. The number of carbonyl (C=O) groups excluding carboxylic acids is 1. The lowest BCUT2D eigenvalue weighted by molar-refractivity contribution is -0.161. The second-order valence-corrected chi connectivity index (χ2v) is 3.94. The molecule has 5 nitrogen and oxygen atoms in total. The van der Waals surface area contributed by atoms with Crippen molar-refractivity contribution >= 4 is 5.91 Å². The van der Waals surface area contributed by atoms with Crippen LogP contribution in [-0.4, -0.2) is 36.1 Å². The van der Waals surface area contributed by atoms with Crippen LogP contribution in [0.3, 0.4) is 0 Å². The molecule has 1 aromatic carbocycles. The first-order valence-electron chi connectivity index (χ1n) is 5.42. The Bertz CT molecular complexity index is 379. The van der Waals surface area contributed by atoms with Crippen LogP contribution < -0.4 is 0 Å². The molecule has 0 aromatic heterocycles. The van der Waals surface area contributed by atoms with Gasteiger partial charge in [-0.15, -0.1) is 0 Å². The van der Waals surface area contributed by atoms with Gasteiger partial charge in [-0.3, -0.25) is 10.0 Å². The van der Waals surface area contributed by atoms with E-state index in [-0.39, 0.29) is 31.3 Å². The number of carbonyl (C=O) groups is 1. The molecular formula is C12H15NO4. The Balaban J connectivity index is 2.05. The topological polar surface area (TPSA) is 59.0 Å². The summed E-state index contributed by atoms with van der Waals surface area (Å²) in [5.41, 5.74) is 0.975. The second-order valence-electron chi connectivity index (χ2n) is 3.94. The molecule has 1 fully saturated rings. The Kier molecular flexibility index (Phi) is 3.73. The van der Waals surface area contributed by atoms with E-state index in [2.05, 4.69) is 0 Å². The average Bonchev–Trinajstić information content (AvgIpc) is 2.78. The van der Waals surface area contributed by atoms with Gasteiger partial charge in [-0.25, -0.2) is 5.06 Å². The van der Waals surface area contributed by atoms with Crippen molar-refractivity contribution in [2.24, 2.45) is 0 Å². The third-order valence-electron chi connectivity index (χ3n) is 2.73. The highest BCUT2D eigenvalue weighted by Crippen LogP contribution is 2.30. The van der Waals surface area contributed by atoms with Gasteiger partial charge in [0.05, 0.1) is 12.5 Å². The van der Waals surface area contributed by atoms with Gasteiger partial charge in [0.2, 0.25) is 5.91 Å². The largest absolute Gasteiger partial charge is 0.349 e. The molecule has 5 heteroatoms. The lowest BCUT2D eigenvalue weighted by Gasteiger charge is -2.18. The molecule has 1 aliphatic heterocycles. The van der Waals surface area contributed by atoms with Gasteiger partial charge < -0.3 is 9.47 Å². The van der Waals surface area contributed by atoms with Crippen molar-refractivity contribution in [3.05, 3.63) is 35.9 Å². The van der Waals surface area contributed by atoms with Crippen molar-refractivity contribution in [3.8, 4) is 0 Å². The van der Waals surface area contributed by atoms with E-state index in [9.17, 15) is 4.79 Å². The van der Waals surface area contributed by atoms with Gasteiger partial charge in [0.15, 0.2) is 0 Å². The van der Waals surface area contributed by atoms with E-state index < -0.39 is 0 Å². The molecule has 1 amide bonds. The predicted molar refractivity (Wildman–Crippen MR) is 59.2 cm³/mol. The van der Waals surface area contributed by atoms with E-state index in [0.717, 1.165) is 5.56 Å². The molecule has 1 aromatic rings. The number of hydrogen-bond donors (Lipinski definition) is 1. The summed E-state index contributed by atoms with van der Waals surface area (Å²) < 4.78 is 10.8. The third kappa shape index (κ3) is 2.82. The van der Waals surface area contributed by atoms with Crippen molar-refractivity contribution < 1.29 is 19.5 Å². The number of hydrogen-bond acceptors (Lipinski definition) is 4. The fourth-order valence-electron chi connectivity index (χ4n) is 1.82. The van der Waals surface area contributed by atoms with Crippen molar-refractivity contribution in [1.29, 1.82) is 0 Å². The van der Waals surface area contributed by atoms with Crippen molar-refractivity contribution in [1.82, 2.24) is 5.06 Å². The molecule has 0 saturated carbocycles. The number of rotatable bonds is 3. The monoisotopic (exact) mass is 237 g/mol. The molecule has 1 saturated heterocycles. The molecule has 1 heterocycles. The van der Waals surface area contributed by atoms with E-state index in [1.165, 1.54) is 7.05 Å². The van der Waals surface area contributed by atoms with Crippen LogP contribution in [-0.2, 0) is 14.3 Å². The maximum absolute atomic E-state index is 11.4. The molecule has 0 spiro atoms. The zero-order valence-corrected chi connectivity index (χ0v) is 9.57. The van der Waals surface area contributed by atoms with Gasteiger partial charge in [0, 0.05) is 7.05 Å². The van der Waals surface area contributed by atoms with Gasteiger partial charge in [-0.1, -0.05) is 30.3 Å². The summed E-state index contributed by atoms with van der Waals surface area (Å²) >= 11 is 0. The summed E-state index contributed by atoms with van der Waals surface area (Å²) in [4.78, 5) is 11.4. The van der Waals surface area contributed by atoms with Gasteiger partial charge in [-0.2, -0.15) is 0 Å². The minimum atomic E-state index is -0.388. The molecular weight excluding hydrogens is 222 g/mol. The number of hydroxylamine groups is 2. The summed E-state index contributed by atoms with van der Waals surface area (Å²) in [5, 5.41) is 9.60. The zero-order valence-electron chi connectivity index (χ0n) is 9.57. The SMILES string of the molecule is CN(O)C(=O)CC1OCOC1c1ccccc1. The predicted octanol–water partition coefficient (Wildman–Crippen LogP) is 1.34. The molecule has 0 radical (unpaired) electrons. The maximum atomic E-state index is 11.4. The van der Waals surface area contributed by atoms with Crippen LogP contribution in [0, 0.1) is 0 Å². The highest BCUT2D eigenvalue weighted by atomic mass is 16.7. The molecule has 2 atom stereocenters. The summed E-state index contributed by atoms with van der Waals surface area (Å²) in [7, 11) is 1.30. The van der Waals surface area contributed by atoms with Gasteiger partial charge in [0.25, 0.3) is 0 Å². The van der Waals surface area contributed by atoms with Gasteiger partial charge >= 0.3 is 0 Å². The maximum Gasteiger partial charge on any atom is 0.248 e. The molecule has 2 unspecified atom stereocenters. The first-order valence-corrected chi connectivity index (χ1v) is 5.42. The number of benzene rings is 1. The highest BCUT2D eigenvalue weighted by Gasteiger charge is 2.32. The van der Waals surface area contributed by atoms with Crippen LogP contribution in [0.1, 0.15) is 18.1 Å². The van der Waals surface area contributed by atoms with Crippen LogP contribution in [0.2, 0.25) is 0 Å². The van der Waals surface area contributed by atoms with Crippen molar-refractivity contribution in [3.63, 3.8) is 0 Å². The standard InChI is InChI=1S/C12H15NO4/c1-13(15)11(14)7-10-12(17-8-16-10)9-5-3-2-4-6-9/h2-6,10,12,15H,7-8H2,1H3. The Morgan fingerprint density at radius 2 is 2.12 bits per heavy atom. The molecule has 1 N–H and O–H groups in total. The van der Waals surface area contributed by atoms with E-state index in [1.807, 2.05) is 30.3 Å². The van der Waals surface area contributed by atoms with E-state index in [1.54, 1.807) is 0 Å². The number of ether oxygens (including phenoxy) is 2. The molecule has 2 rings (SSSR count). The fourth-order valence-corrected chi connectivity index (χ4v) is 1.82.